The van der Waals surface area contributed by atoms with Gasteiger partial charge < -0.3 is 19.7 Å². The summed E-state index contributed by atoms with van der Waals surface area (Å²) in [6.07, 6.45) is -1.01. The molecular weight excluding hydrogens is 280 g/mol. The van der Waals surface area contributed by atoms with Gasteiger partial charge in [0.05, 0.1) is 24.7 Å². The number of aliphatic hydroxyl groups excluding tert-OH is 1. The van der Waals surface area contributed by atoms with Crippen LogP contribution < -0.4 is 9.47 Å². The minimum Gasteiger partial charge on any atom is -0.493 e. The third kappa shape index (κ3) is 2.61. The average molecular weight is 294 g/mol. The van der Waals surface area contributed by atoms with Crippen LogP contribution in [0.4, 0.5) is 0 Å². The zero-order valence-electron chi connectivity index (χ0n) is 11.0. The Morgan fingerprint density at radius 2 is 1.90 bits per heavy atom. The molecule has 0 aliphatic heterocycles. The summed E-state index contributed by atoms with van der Waals surface area (Å²) in [7, 11) is 3.03. The number of carboxylic acid groups (broad SMARTS) is 1. The molecule has 0 radical (unpaired) electrons. The summed E-state index contributed by atoms with van der Waals surface area (Å²) >= 11 is 1.20. The smallest absolute Gasteiger partial charge is 0.336 e. The second kappa shape index (κ2) is 5.94. The van der Waals surface area contributed by atoms with E-state index in [4.69, 9.17) is 14.6 Å². The Bertz CT molecular complexity index is 620. The van der Waals surface area contributed by atoms with Crippen LogP contribution in [0.5, 0.6) is 11.5 Å². The van der Waals surface area contributed by atoms with Gasteiger partial charge in [0, 0.05) is 0 Å². The minimum atomic E-state index is -1.05. The number of hydrogen-bond acceptors (Lipinski definition) is 5. The third-order valence-corrected chi connectivity index (χ3v) is 3.87. The van der Waals surface area contributed by atoms with E-state index in [9.17, 15) is 9.90 Å². The number of thiophene rings is 1. The fraction of sp³-hybridized carbons (Fsp3) is 0.214. The number of methoxy groups -OCH3 is 2. The first-order valence-electron chi connectivity index (χ1n) is 5.79. The van der Waals surface area contributed by atoms with Gasteiger partial charge in [-0.1, -0.05) is 6.07 Å². The summed E-state index contributed by atoms with van der Waals surface area (Å²) in [5.41, 5.74) is 0.657. The molecule has 0 amide bonds. The van der Waals surface area contributed by atoms with Crippen LogP contribution in [0.3, 0.4) is 0 Å². The quantitative estimate of drug-likeness (QED) is 0.886. The Hall–Kier alpha value is -2.05. The molecule has 20 heavy (non-hydrogen) atoms. The van der Waals surface area contributed by atoms with Crippen LogP contribution in [0.25, 0.3) is 0 Å². The number of ether oxygens (including phenoxy) is 2. The molecule has 0 aliphatic rings. The molecule has 1 atom stereocenters. The minimum absolute atomic E-state index is 0.109. The molecule has 1 aromatic carbocycles. The third-order valence-electron chi connectivity index (χ3n) is 2.90. The Morgan fingerprint density at radius 3 is 2.50 bits per heavy atom. The van der Waals surface area contributed by atoms with Gasteiger partial charge in [-0.05, 0) is 29.1 Å². The predicted octanol–water partition coefficient (Wildman–Crippen LogP) is 2.55. The van der Waals surface area contributed by atoms with E-state index in [1.54, 1.807) is 23.6 Å². The van der Waals surface area contributed by atoms with Crippen molar-refractivity contribution in [1.82, 2.24) is 0 Å². The lowest BCUT2D eigenvalue weighted by atomic mass is 10.0. The molecule has 2 rings (SSSR count). The maximum atomic E-state index is 11.1. The van der Waals surface area contributed by atoms with Gasteiger partial charge in [-0.15, -0.1) is 11.3 Å². The summed E-state index contributed by atoms with van der Waals surface area (Å²) < 4.78 is 10.3. The Balaban J connectivity index is 2.40. The van der Waals surface area contributed by atoms with E-state index in [-0.39, 0.29) is 5.56 Å². The van der Waals surface area contributed by atoms with Crippen molar-refractivity contribution >= 4 is 17.3 Å². The van der Waals surface area contributed by atoms with Crippen LogP contribution in [0.2, 0.25) is 0 Å². The summed E-state index contributed by atoms with van der Waals surface area (Å²) in [5.74, 6) is -0.0219. The zero-order chi connectivity index (χ0) is 14.7. The number of carbonyl (C=O) groups is 1. The Labute approximate surface area is 120 Å². The molecule has 0 saturated heterocycles. The van der Waals surface area contributed by atoms with E-state index in [1.165, 1.54) is 31.6 Å². The lowest BCUT2D eigenvalue weighted by Gasteiger charge is -2.14. The first-order chi connectivity index (χ1) is 9.58. The van der Waals surface area contributed by atoms with Crippen molar-refractivity contribution in [3.05, 3.63) is 45.6 Å². The van der Waals surface area contributed by atoms with Crippen LogP contribution >= 0.6 is 11.3 Å². The number of benzene rings is 1. The van der Waals surface area contributed by atoms with E-state index >= 15 is 0 Å². The highest BCUT2D eigenvalue weighted by Crippen LogP contribution is 2.35. The van der Waals surface area contributed by atoms with Crippen molar-refractivity contribution in [2.45, 2.75) is 6.10 Å². The molecule has 6 heteroatoms. The molecule has 1 heterocycles. The fourth-order valence-electron chi connectivity index (χ4n) is 1.88. The molecule has 0 bridgehead atoms. The van der Waals surface area contributed by atoms with E-state index in [1.807, 2.05) is 0 Å². The van der Waals surface area contributed by atoms with Crippen molar-refractivity contribution in [3.8, 4) is 11.5 Å². The number of aliphatic hydroxyl groups is 1. The summed E-state index contributed by atoms with van der Waals surface area (Å²) in [5, 5.41) is 21.1. The fourth-order valence-corrected chi connectivity index (χ4v) is 2.78. The topological polar surface area (TPSA) is 76.0 Å². The number of aromatic carboxylic acids is 1. The average Bonchev–Trinajstić information content (AvgIpc) is 2.95. The largest absolute Gasteiger partial charge is 0.493 e. The van der Waals surface area contributed by atoms with Crippen molar-refractivity contribution in [2.24, 2.45) is 0 Å². The van der Waals surface area contributed by atoms with Crippen LogP contribution in [0, 0.1) is 0 Å². The number of carboxylic acids is 1. The number of rotatable bonds is 5. The van der Waals surface area contributed by atoms with Crippen LogP contribution in [0.15, 0.2) is 29.6 Å². The molecule has 0 spiro atoms. The van der Waals surface area contributed by atoms with Crippen LogP contribution in [-0.4, -0.2) is 30.4 Å². The second-order valence-electron chi connectivity index (χ2n) is 4.02. The highest BCUT2D eigenvalue weighted by molar-refractivity contribution is 7.10. The van der Waals surface area contributed by atoms with Gasteiger partial charge in [0.15, 0.2) is 11.5 Å². The maximum Gasteiger partial charge on any atom is 0.336 e. The van der Waals surface area contributed by atoms with E-state index in [2.05, 4.69) is 0 Å². The number of hydrogen-bond donors (Lipinski definition) is 2. The van der Waals surface area contributed by atoms with E-state index < -0.39 is 12.1 Å². The first-order valence-corrected chi connectivity index (χ1v) is 6.67. The van der Waals surface area contributed by atoms with E-state index in [0.29, 0.717) is 21.9 Å². The Morgan fingerprint density at radius 1 is 1.20 bits per heavy atom. The zero-order valence-corrected chi connectivity index (χ0v) is 11.8. The van der Waals surface area contributed by atoms with Gasteiger partial charge in [-0.2, -0.15) is 0 Å². The lowest BCUT2D eigenvalue weighted by molar-refractivity contribution is 0.0692. The monoisotopic (exact) mass is 294 g/mol. The Kier molecular flexibility index (Phi) is 4.26. The summed E-state index contributed by atoms with van der Waals surface area (Å²) in [6.45, 7) is 0. The maximum absolute atomic E-state index is 11.1. The molecule has 0 fully saturated rings. The summed E-state index contributed by atoms with van der Waals surface area (Å²) in [6, 6.07) is 6.46. The standard InChI is InChI=1S/C14H14O5S/c1-18-10-4-3-8(7-11(10)19-2)12(15)13-9(14(16)17)5-6-20-13/h3-7,12,15H,1-2H3,(H,16,17). The van der Waals surface area contributed by atoms with Gasteiger partial charge in [-0.3, -0.25) is 0 Å². The highest BCUT2D eigenvalue weighted by atomic mass is 32.1. The predicted molar refractivity (Wildman–Crippen MR) is 74.9 cm³/mol. The lowest BCUT2D eigenvalue weighted by Crippen LogP contribution is -2.05. The first kappa shape index (κ1) is 14.4. The van der Waals surface area contributed by atoms with Gasteiger partial charge in [0.1, 0.15) is 6.10 Å². The second-order valence-corrected chi connectivity index (χ2v) is 4.97. The van der Waals surface area contributed by atoms with Crippen LogP contribution in [0.1, 0.15) is 26.9 Å². The molecule has 0 aliphatic carbocycles. The summed E-state index contributed by atoms with van der Waals surface area (Å²) in [4.78, 5) is 11.5. The normalized spacial score (nSPS) is 11.9. The van der Waals surface area contributed by atoms with Crippen molar-refractivity contribution in [1.29, 1.82) is 0 Å². The van der Waals surface area contributed by atoms with Crippen LogP contribution in [-0.2, 0) is 0 Å². The van der Waals surface area contributed by atoms with Gasteiger partial charge in [0.2, 0.25) is 0 Å². The van der Waals surface area contributed by atoms with Crippen molar-refractivity contribution in [3.63, 3.8) is 0 Å². The molecule has 0 saturated carbocycles. The SMILES string of the molecule is COc1ccc(C(O)c2sccc2C(=O)O)cc1OC. The van der Waals surface area contributed by atoms with Crippen molar-refractivity contribution < 1.29 is 24.5 Å². The van der Waals surface area contributed by atoms with Crippen molar-refractivity contribution in [2.75, 3.05) is 14.2 Å². The highest BCUT2D eigenvalue weighted by Gasteiger charge is 2.21. The molecule has 1 unspecified atom stereocenters. The van der Waals surface area contributed by atoms with Gasteiger partial charge in [0.25, 0.3) is 0 Å². The molecular formula is C14H14O5S. The van der Waals surface area contributed by atoms with Gasteiger partial charge in [-0.25, -0.2) is 4.79 Å². The van der Waals surface area contributed by atoms with Gasteiger partial charge >= 0.3 is 5.97 Å². The molecule has 5 nitrogen and oxygen atoms in total. The molecule has 2 aromatic rings. The molecule has 1 aromatic heterocycles. The van der Waals surface area contributed by atoms with E-state index in [0.717, 1.165) is 0 Å². The molecule has 2 N–H and O–H groups in total. The molecule has 106 valence electrons.